The first kappa shape index (κ1) is 47.8. The molecule has 0 atom stereocenters. The molecule has 8 aromatic carbocycles. The number of benzene rings is 8. The van der Waals surface area contributed by atoms with Crippen LogP contribution in [0.3, 0.4) is 0 Å². The highest BCUT2D eigenvalue weighted by Gasteiger charge is 2.27. The molecule has 0 aliphatic heterocycles. The van der Waals surface area contributed by atoms with E-state index in [-0.39, 0.29) is 48.7 Å². The van der Waals surface area contributed by atoms with E-state index in [4.69, 9.17) is 65.4 Å². The molecule has 0 aliphatic rings. The van der Waals surface area contributed by atoms with Crippen LogP contribution in [0.5, 0.6) is 0 Å². The fraction of sp³-hybridized carbons (Fsp3) is 0.143. The van der Waals surface area contributed by atoms with Crippen LogP contribution in [0.1, 0.15) is 69.1 Å². The van der Waals surface area contributed by atoms with Gasteiger partial charge in [-0.25, -0.2) is 19.2 Å². The third-order valence-corrected chi connectivity index (χ3v) is 12.5. The lowest BCUT2D eigenvalue weighted by Gasteiger charge is -2.19. The van der Waals surface area contributed by atoms with E-state index in [1.807, 2.05) is 72.8 Å². The summed E-state index contributed by atoms with van der Waals surface area (Å²) in [6.07, 6.45) is 0. The minimum Gasteiger partial charge on any atom is -0.462 e. The van der Waals surface area contributed by atoms with Gasteiger partial charge >= 0.3 is 23.9 Å². The van der Waals surface area contributed by atoms with E-state index in [1.54, 1.807) is 88.4 Å². The predicted octanol–water partition coefficient (Wildman–Crippen LogP) is 15.6. The lowest BCUT2D eigenvalue weighted by atomic mass is 9.86. The Morgan fingerprint density at radius 1 is 0.338 bits per heavy atom. The van der Waals surface area contributed by atoms with Gasteiger partial charge in [0.1, 0.15) is 0 Å². The summed E-state index contributed by atoms with van der Waals surface area (Å²) < 4.78 is 22.3. The predicted molar refractivity (Wildman–Crippen MR) is 272 cm³/mol. The molecule has 0 amide bonds. The quantitative estimate of drug-likeness (QED) is 0.0831. The molecule has 8 aromatic rings. The highest BCUT2D eigenvalue weighted by atomic mass is 35.5. The molecular weight excluding hydrogens is 942 g/mol. The summed E-state index contributed by atoms with van der Waals surface area (Å²) in [5.74, 6) is -2.37. The van der Waals surface area contributed by atoms with Crippen LogP contribution in [-0.2, 0) is 18.9 Å². The maximum Gasteiger partial charge on any atom is 0.338 e. The van der Waals surface area contributed by atoms with Gasteiger partial charge in [-0.15, -0.1) is 0 Å². The average Bonchev–Trinajstić information content (AvgIpc) is 3.33. The molecule has 0 heterocycles. The van der Waals surface area contributed by atoms with Gasteiger partial charge in [-0.1, -0.05) is 125 Å². The summed E-state index contributed by atoms with van der Waals surface area (Å²) in [5.41, 5.74) is 6.36. The molecule has 342 valence electrons. The van der Waals surface area contributed by atoms with E-state index >= 15 is 0 Å². The van der Waals surface area contributed by atoms with E-state index in [0.29, 0.717) is 64.6 Å². The van der Waals surface area contributed by atoms with E-state index in [2.05, 4.69) is 0 Å². The minimum absolute atomic E-state index is 0.110. The number of hydrogen-bond acceptors (Lipinski definition) is 8. The maximum absolute atomic E-state index is 13.9. The van der Waals surface area contributed by atoms with Crippen molar-refractivity contribution in [1.82, 2.24) is 0 Å². The molecule has 0 radical (unpaired) electrons. The van der Waals surface area contributed by atoms with E-state index in [1.165, 1.54) is 0 Å². The van der Waals surface area contributed by atoms with Crippen molar-refractivity contribution in [3.8, 4) is 55.6 Å². The Labute approximate surface area is 413 Å². The normalized spacial score (nSPS) is 11.1. The maximum atomic E-state index is 13.9. The molecule has 0 saturated heterocycles. The van der Waals surface area contributed by atoms with Gasteiger partial charge in [0.2, 0.25) is 0 Å². The summed E-state index contributed by atoms with van der Waals surface area (Å²) >= 11 is 26.7. The summed E-state index contributed by atoms with van der Waals surface area (Å²) in [5, 5.41) is 4.66. The first-order valence-electron chi connectivity index (χ1n) is 21.9. The van der Waals surface area contributed by atoms with Crippen LogP contribution >= 0.6 is 46.4 Å². The molecule has 0 fully saturated rings. The van der Waals surface area contributed by atoms with Crippen molar-refractivity contribution in [3.63, 3.8) is 0 Å². The highest BCUT2D eigenvalue weighted by molar-refractivity contribution is 6.36. The van der Waals surface area contributed by atoms with Crippen molar-refractivity contribution in [2.45, 2.75) is 27.7 Å². The minimum atomic E-state index is -0.600. The monoisotopic (exact) mass is 982 g/mol. The number of rotatable bonds is 13. The fourth-order valence-corrected chi connectivity index (χ4v) is 9.57. The van der Waals surface area contributed by atoms with Crippen molar-refractivity contribution in [1.29, 1.82) is 0 Å². The molecule has 0 spiro atoms. The van der Waals surface area contributed by atoms with Gasteiger partial charge in [-0.2, -0.15) is 0 Å². The van der Waals surface area contributed by atoms with Gasteiger partial charge in [0.05, 0.1) is 48.7 Å². The second-order valence-electron chi connectivity index (χ2n) is 15.5. The van der Waals surface area contributed by atoms with Crippen LogP contribution in [0, 0.1) is 0 Å². The van der Waals surface area contributed by atoms with E-state index < -0.39 is 23.9 Å². The van der Waals surface area contributed by atoms with Crippen LogP contribution in [0.25, 0.3) is 77.2 Å². The summed E-state index contributed by atoms with van der Waals surface area (Å²) in [4.78, 5) is 55.3. The Morgan fingerprint density at radius 3 is 1.26 bits per heavy atom. The number of halogens is 4. The molecule has 8 nitrogen and oxygen atoms in total. The van der Waals surface area contributed by atoms with Gasteiger partial charge in [-0.05, 0) is 149 Å². The second kappa shape index (κ2) is 20.7. The molecule has 12 heteroatoms. The van der Waals surface area contributed by atoms with E-state index in [0.717, 1.165) is 32.7 Å². The first-order valence-corrected chi connectivity index (χ1v) is 23.4. The van der Waals surface area contributed by atoms with Gasteiger partial charge in [0.15, 0.2) is 0 Å². The Hall–Kier alpha value is -6.68. The van der Waals surface area contributed by atoms with Gasteiger partial charge in [0, 0.05) is 31.0 Å². The Kier molecular flexibility index (Phi) is 14.5. The molecular formula is C56H42Cl4O8. The number of fused-ring (bicyclic) bond motifs is 2. The fourth-order valence-electron chi connectivity index (χ4n) is 8.52. The zero-order chi connectivity index (χ0) is 48.2. The summed E-state index contributed by atoms with van der Waals surface area (Å²) in [6.45, 7) is 7.34. The topological polar surface area (TPSA) is 105 Å². The molecule has 68 heavy (non-hydrogen) atoms. The smallest absolute Gasteiger partial charge is 0.338 e. The van der Waals surface area contributed by atoms with Crippen LogP contribution in [0.2, 0.25) is 20.1 Å². The summed E-state index contributed by atoms with van der Waals surface area (Å²) in [7, 11) is 0. The third kappa shape index (κ3) is 9.42. The van der Waals surface area contributed by atoms with Crippen LogP contribution in [-0.4, -0.2) is 50.3 Å². The van der Waals surface area contributed by atoms with Gasteiger partial charge < -0.3 is 18.9 Å². The lowest BCUT2D eigenvalue weighted by molar-refractivity contribution is 0.0513. The van der Waals surface area contributed by atoms with Crippen molar-refractivity contribution in [2.75, 3.05) is 26.4 Å². The van der Waals surface area contributed by atoms with Crippen molar-refractivity contribution in [3.05, 3.63) is 176 Å². The van der Waals surface area contributed by atoms with Crippen molar-refractivity contribution >= 4 is 91.8 Å². The van der Waals surface area contributed by atoms with Crippen molar-refractivity contribution in [2.24, 2.45) is 0 Å². The zero-order valence-corrected chi connectivity index (χ0v) is 40.3. The molecule has 0 aromatic heterocycles. The highest BCUT2D eigenvalue weighted by Crippen LogP contribution is 2.44. The number of carbonyl (C=O) groups is 4. The number of ether oxygens (including phenoxy) is 4. The first-order chi connectivity index (χ1) is 32.9. The third-order valence-electron chi connectivity index (χ3n) is 11.4. The Morgan fingerprint density at radius 2 is 0.735 bits per heavy atom. The Bertz CT molecular complexity index is 3300. The molecule has 0 unspecified atom stereocenters. The molecule has 0 N–H and O–H groups in total. The average molecular weight is 985 g/mol. The van der Waals surface area contributed by atoms with Crippen LogP contribution in [0.4, 0.5) is 0 Å². The lowest BCUT2D eigenvalue weighted by Crippen LogP contribution is -2.12. The molecule has 0 aliphatic carbocycles. The second-order valence-corrected chi connectivity index (χ2v) is 17.2. The summed E-state index contributed by atoms with van der Waals surface area (Å²) in [6, 6.07) is 39.5. The van der Waals surface area contributed by atoms with E-state index in [9.17, 15) is 19.2 Å². The van der Waals surface area contributed by atoms with Crippen LogP contribution < -0.4 is 0 Å². The Balaban J connectivity index is 1.30. The number of esters is 4. The number of carbonyl (C=O) groups excluding carboxylic acids is 4. The SMILES string of the molecule is CCOC(=O)c1cc(-c2ccc(-c3ccc(-c4cc(C(=O)OCC)c(-c5cccc6c(Cl)cccc56)cc4C(=O)OCC)c(Cl)c3)c3ccccc23)c(C(=O)OCC)cc1-c1cc(Cl)cc(Cl)c1. The molecule has 8 rings (SSSR count). The molecule has 0 bridgehead atoms. The molecule has 0 saturated carbocycles. The van der Waals surface area contributed by atoms with Crippen molar-refractivity contribution < 1.29 is 38.1 Å². The standard InChI is InChI=1S/C56H42Cl4O8/c1-5-65-53(61)47-28-45(48(54(62)66-6-2)27-43(47)32-23-33(57)26-34(58)24-32)40-22-21-35(36-13-9-10-14-37(36)40)31-19-20-42(52(60)25-31)46-30-49(55(63)67-7-3)44(29-50(46)56(64)68-8-4)39-15-11-17-41-38(39)16-12-18-51(41)59/h9-30H,5-8H2,1-4H3. The zero-order valence-electron chi connectivity index (χ0n) is 37.3. The number of hydrogen-bond donors (Lipinski definition) is 0. The van der Waals surface area contributed by atoms with Gasteiger partial charge in [-0.3, -0.25) is 0 Å². The van der Waals surface area contributed by atoms with Gasteiger partial charge in [0.25, 0.3) is 0 Å². The van der Waals surface area contributed by atoms with Crippen LogP contribution in [0.15, 0.2) is 133 Å². The largest absolute Gasteiger partial charge is 0.462 e.